The predicted molar refractivity (Wildman–Crippen MR) is 56.9 cm³/mol. The summed E-state index contributed by atoms with van der Waals surface area (Å²) in [6.45, 7) is 8.57. The lowest BCUT2D eigenvalue weighted by atomic mass is 9.88. The van der Waals surface area contributed by atoms with E-state index >= 15 is 0 Å². The second-order valence-electron chi connectivity index (χ2n) is 5.16. The van der Waals surface area contributed by atoms with Crippen molar-refractivity contribution in [3.05, 3.63) is 0 Å². The molecule has 2 aliphatic rings. The number of nitrogens with one attached hydrogen (secondary N) is 1. The van der Waals surface area contributed by atoms with Gasteiger partial charge in [-0.25, -0.2) is 5.01 Å². The van der Waals surface area contributed by atoms with Gasteiger partial charge < -0.3 is 4.74 Å². The van der Waals surface area contributed by atoms with Crippen LogP contribution in [0.4, 0.5) is 0 Å². The van der Waals surface area contributed by atoms with E-state index in [-0.39, 0.29) is 0 Å². The first kappa shape index (κ1) is 10.4. The fourth-order valence-electron chi connectivity index (χ4n) is 2.48. The highest BCUT2D eigenvalue weighted by atomic mass is 16.5. The van der Waals surface area contributed by atoms with Gasteiger partial charge in [-0.3, -0.25) is 5.43 Å². The molecule has 0 bridgehead atoms. The highest BCUT2D eigenvalue weighted by Gasteiger charge is 2.35. The molecule has 0 aromatic carbocycles. The molecule has 1 saturated heterocycles. The summed E-state index contributed by atoms with van der Waals surface area (Å²) in [4.78, 5) is 0. The van der Waals surface area contributed by atoms with Crippen LogP contribution in [-0.2, 0) is 4.74 Å². The minimum Gasteiger partial charge on any atom is -0.379 e. The Labute approximate surface area is 86.8 Å². The van der Waals surface area contributed by atoms with E-state index in [4.69, 9.17) is 4.74 Å². The summed E-state index contributed by atoms with van der Waals surface area (Å²) in [7, 11) is 0. The quantitative estimate of drug-likeness (QED) is 0.726. The zero-order chi connectivity index (χ0) is 10.0. The van der Waals surface area contributed by atoms with E-state index in [9.17, 15) is 0 Å². The molecule has 82 valence electrons. The number of rotatable bonds is 2. The lowest BCUT2D eigenvalue weighted by molar-refractivity contribution is -0.00533. The summed E-state index contributed by atoms with van der Waals surface area (Å²) in [5.74, 6) is 0. The van der Waals surface area contributed by atoms with Crippen LogP contribution >= 0.6 is 0 Å². The molecule has 1 heterocycles. The number of hydrazine groups is 1. The molecule has 0 aromatic rings. The second kappa shape index (κ2) is 4.17. The van der Waals surface area contributed by atoms with Gasteiger partial charge in [0.05, 0.1) is 13.2 Å². The molecule has 0 radical (unpaired) electrons. The number of morpholine rings is 1. The summed E-state index contributed by atoms with van der Waals surface area (Å²) in [5.41, 5.74) is 4.13. The number of nitrogens with zero attached hydrogens (tertiary/aromatic N) is 1. The SMILES string of the molecule is CC1(C)CCCC1NN1CCOCC1. The van der Waals surface area contributed by atoms with Crippen LogP contribution in [0, 0.1) is 5.41 Å². The Balaban J connectivity index is 1.83. The second-order valence-corrected chi connectivity index (χ2v) is 5.16. The third-order valence-electron chi connectivity index (χ3n) is 3.61. The minimum atomic E-state index is 0.471. The fraction of sp³-hybridized carbons (Fsp3) is 1.00. The first-order chi connectivity index (χ1) is 6.68. The first-order valence-electron chi connectivity index (χ1n) is 5.77. The van der Waals surface area contributed by atoms with Crippen molar-refractivity contribution in [3.63, 3.8) is 0 Å². The number of ether oxygens (including phenoxy) is 1. The van der Waals surface area contributed by atoms with Gasteiger partial charge in [-0.15, -0.1) is 0 Å². The van der Waals surface area contributed by atoms with Crippen LogP contribution < -0.4 is 5.43 Å². The van der Waals surface area contributed by atoms with Gasteiger partial charge in [-0.1, -0.05) is 20.3 Å². The van der Waals surface area contributed by atoms with E-state index in [1.807, 2.05) is 0 Å². The van der Waals surface area contributed by atoms with Gasteiger partial charge in [0.15, 0.2) is 0 Å². The van der Waals surface area contributed by atoms with Crippen molar-refractivity contribution in [3.8, 4) is 0 Å². The van der Waals surface area contributed by atoms with Crippen molar-refractivity contribution >= 4 is 0 Å². The molecule has 1 atom stereocenters. The maximum Gasteiger partial charge on any atom is 0.0608 e. The van der Waals surface area contributed by atoms with Crippen LogP contribution in [0.1, 0.15) is 33.1 Å². The largest absolute Gasteiger partial charge is 0.379 e. The molecular weight excluding hydrogens is 176 g/mol. The van der Waals surface area contributed by atoms with Gasteiger partial charge in [0, 0.05) is 19.1 Å². The highest BCUT2D eigenvalue weighted by molar-refractivity contribution is 4.89. The van der Waals surface area contributed by atoms with Crippen LogP contribution in [0.5, 0.6) is 0 Å². The number of hydrogen-bond acceptors (Lipinski definition) is 3. The molecule has 1 aliphatic heterocycles. The Hall–Kier alpha value is -0.120. The highest BCUT2D eigenvalue weighted by Crippen LogP contribution is 2.37. The van der Waals surface area contributed by atoms with Crippen LogP contribution in [0.3, 0.4) is 0 Å². The van der Waals surface area contributed by atoms with Gasteiger partial charge >= 0.3 is 0 Å². The zero-order valence-electron chi connectivity index (χ0n) is 9.38. The van der Waals surface area contributed by atoms with Gasteiger partial charge in [-0.05, 0) is 18.3 Å². The summed E-state index contributed by atoms with van der Waals surface area (Å²) in [6.07, 6.45) is 4.05. The third kappa shape index (κ3) is 2.27. The molecule has 0 aromatic heterocycles. The smallest absolute Gasteiger partial charge is 0.0608 e. The minimum absolute atomic E-state index is 0.471. The van der Waals surface area contributed by atoms with E-state index < -0.39 is 0 Å². The monoisotopic (exact) mass is 198 g/mol. The standard InChI is InChI=1S/C11H22N2O/c1-11(2)5-3-4-10(11)12-13-6-8-14-9-7-13/h10,12H,3-9H2,1-2H3. The molecule has 0 spiro atoms. The van der Waals surface area contributed by atoms with Gasteiger partial charge in [0.25, 0.3) is 0 Å². The maximum atomic E-state index is 5.33. The zero-order valence-corrected chi connectivity index (χ0v) is 9.38. The Morgan fingerprint density at radius 1 is 1.29 bits per heavy atom. The van der Waals surface area contributed by atoms with E-state index in [1.165, 1.54) is 19.3 Å². The molecule has 3 heteroatoms. The van der Waals surface area contributed by atoms with Crippen molar-refractivity contribution in [1.82, 2.24) is 10.4 Å². The fourth-order valence-corrected chi connectivity index (χ4v) is 2.48. The Bertz CT molecular complexity index is 188. The van der Waals surface area contributed by atoms with Crippen LogP contribution in [0.2, 0.25) is 0 Å². The molecule has 1 aliphatic carbocycles. The molecular formula is C11H22N2O. The molecule has 2 rings (SSSR count). The van der Waals surface area contributed by atoms with Crippen LogP contribution in [-0.4, -0.2) is 37.4 Å². The lowest BCUT2D eigenvalue weighted by Crippen LogP contribution is -2.52. The Kier molecular flexibility index (Phi) is 3.10. The summed E-state index contributed by atoms with van der Waals surface area (Å²) in [6, 6.07) is 0.667. The lowest BCUT2D eigenvalue weighted by Gasteiger charge is -2.35. The molecule has 3 nitrogen and oxygen atoms in total. The van der Waals surface area contributed by atoms with Crippen molar-refractivity contribution < 1.29 is 4.74 Å². The van der Waals surface area contributed by atoms with E-state index in [2.05, 4.69) is 24.3 Å². The topological polar surface area (TPSA) is 24.5 Å². The average molecular weight is 198 g/mol. The summed E-state index contributed by atoms with van der Waals surface area (Å²) in [5, 5.41) is 2.33. The van der Waals surface area contributed by atoms with Crippen LogP contribution in [0.25, 0.3) is 0 Å². The number of hydrogen-bond donors (Lipinski definition) is 1. The Morgan fingerprint density at radius 3 is 2.57 bits per heavy atom. The molecule has 1 N–H and O–H groups in total. The van der Waals surface area contributed by atoms with Crippen molar-refractivity contribution in [2.75, 3.05) is 26.3 Å². The van der Waals surface area contributed by atoms with Crippen molar-refractivity contribution in [2.24, 2.45) is 5.41 Å². The summed E-state index contributed by atoms with van der Waals surface area (Å²) < 4.78 is 5.33. The maximum absolute atomic E-state index is 5.33. The van der Waals surface area contributed by atoms with Gasteiger partial charge in [-0.2, -0.15) is 0 Å². The normalized spacial score (nSPS) is 33.4. The van der Waals surface area contributed by atoms with Crippen LogP contribution in [0.15, 0.2) is 0 Å². The van der Waals surface area contributed by atoms with Gasteiger partial charge in [0.2, 0.25) is 0 Å². The molecule has 0 amide bonds. The third-order valence-corrected chi connectivity index (χ3v) is 3.61. The van der Waals surface area contributed by atoms with Gasteiger partial charge in [0.1, 0.15) is 0 Å². The van der Waals surface area contributed by atoms with Crippen molar-refractivity contribution in [2.45, 2.75) is 39.2 Å². The molecule has 1 saturated carbocycles. The van der Waals surface area contributed by atoms with E-state index in [0.29, 0.717) is 11.5 Å². The van der Waals surface area contributed by atoms with Crippen molar-refractivity contribution in [1.29, 1.82) is 0 Å². The first-order valence-corrected chi connectivity index (χ1v) is 5.77. The molecule has 14 heavy (non-hydrogen) atoms. The summed E-state index contributed by atoms with van der Waals surface area (Å²) >= 11 is 0. The molecule has 1 unspecified atom stereocenters. The predicted octanol–water partition coefficient (Wildman–Crippen LogP) is 1.40. The molecule has 2 fully saturated rings. The Morgan fingerprint density at radius 2 is 2.00 bits per heavy atom. The average Bonchev–Trinajstić information content (AvgIpc) is 2.48. The van der Waals surface area contributed by atoms with E-state index in [1.54, 1.807) is 0 Å². The van der Waals surface area contributed by atoms with E-state index in [0.717, 1.165) is 26.3 Å².